The van der Waals surface area contributed by atoms with Gasteiger partial charge < -0.3 is 15.0 Å². The van der Waals surface area contributed by atoms with Crippen LogP contribution in [0.15, 0.2) is 6.07 Å². The first-order valence-electron chi connectivity index (χ1n) is 9.23. The Labute approximate surface area is 160 Å². The third-order valence-corrected chi connectivity index (χ3v) is 4.72. The molecule has 0 unspecified atom stereocenters. The fourth-order valence-corrected chi connectivity index (χ4v) is 3.53. The van der Waals surface area contributed by atoms with Crippen LogP contribution in [0.2, 0.25) is 0 Å². The number of nitrogens with one attached hydrogen (secondary N) is 2. The predicted molar refractivity (Wildman–Crippen MR) is 97.8 cm³/mol. The average molecular weight is 399 g/mol. The van der Waals surface area contributed by atoms with Crippen molar-refractivity contribution in [2.45, 2.75) is 51.4 Å². The minimum atomic E-state index is -4.57. The van der Waals surface area contributed by atoms with Crippen LogP contribution in [-0.2, 0) is 15.7 Å². The van der Waals surface area contributed by atoms with Gasteiger partial charge in [0, 0.05) is 19.7 Å². The van der Waals surface area contributed by atoms with Gasteiger partial charge in [-0.1, -0.05) is 0 Å². The largest absolute Gasteiger partial charge is 0.417 e. The van der Waals surface area contributed by atoms with Crippen molar-refractivity contribution in [3.63, 3.8) is 0 Å². The second-order valence-electron chi connectivity index (χ2n) is 7.18. The quantitative estimate of drug-likeness (QED) is 0.777. The number of nitrogens with zero attached hydrogens (tertiary/aromatic N) is 3. The summed E-state index contributed by atoms with van der Waals surface area (Å²) >= 11 is 0. The molecule has 2 aromatic heterocycles. The Kier molecular flexibility index (Phi) is 5.78. The number of alkyl halides is 3. The molecule has 1 aliphatic rings. The number of rotatable bonds is 6. The van der Waals surface area contributed by atoms with E-state index in [0.717, 1.165) is 6.07 Å². The maximum Gasteiger partial charge on any atom is 0.417 e. The number of halogens is 3. The summed E-state index contributed by atoms with van der Waals surface area (Å²) in [6, 6.07) is 0.478. The average Bonchev–Trinajstić information content (AvgIpc) is 3.25. The third kappa shape index (κ3) is 4.06. The van der Waals surface area contributed by atoms with Crippen LogP contribution < -0.4 is 5.32 Å². The molecular weight excluding hydrogens is 375 g/mol. The summed E-state index contributed by atoms with van der Waals surface area (Å²) in [5.74, 6) is -0.0256. The highest BCUT2D eigenvalue weighted by molar-refractivity contribution is 5.91. The molecule has 0 radical (unpaired) electrons. The number of pyridine rings is 1. The smallest absolute Gasteiger partial charge is 0.384 e. The summed E-state index contributed by atoms with van der Waals surface area (Å²) in [5.41, 5.74) is -0.521. The number of hydrogen-bond acceptors (Lipinski definition) is 5. The molecule has 3 rings (SSSR count). The molecule has 0 aromatic carbocycles. The lowest BCUT2D eigenvalue weighted by atomic mass is 10.0. The van der Waals surface area contributed by atoms with Gasteiger partial charge in [-0.05, 0) is 32.8 Å². The first kappa shape index (κ1) is 20.4. The van der Waals surface area contributed by atoms with Crippen molar-refractivity contribution in [1.82, 2.24) is 20.1 Å². The predicted octanol–water partition coefficient (Wildman–Crippen LogP) is 3.50. The van der Waals surface area contributed by atoms with Crippen molar-refractivity contribution in [2.24, 2.45) is 0 Å². The van der Waals surface area contributed by atoms with Crippen molar-refractivity contribution >= 4 is 22.8 Å². The number of carbonyl (C=O) groups excluding carboxylic acids is 1. The number of amides is 1. The van der Waals surface area contributed by atoms with Crippen molar-refractivity contribution in [3.05, 3.63) is 17.3 Å². The number of fused-ring (bicyclic) bond motifs is 1. The molecule has 0 aliphatic carbocycles. The van der Waals surface area contributed by atoms with Crippen molar-refractivity contribution < 1.29 is 22.7 Å². The number of anilines is 1. The van der Waals surface area contributed by atoms with E-state index in [0.29, 0.717) is 19.4 Å². The van der Waals surface area contributed by atoms with Crippen LogP contribution in [0.3, 0.4) is 0 Å². The summed E-state index contributed by atoms with van der Waals surface area (Å²) in [5, 5.41) is 9.41. The molecule has 1 amide bonds. The maximum atomic E-state index is 13.8. The number of hydrogen-bond donors (Lipinski definition) is 2. The molecule has 2 N–H and O–H groups in total. The Morgan fingerprint density at radius 3 is 2.86 bits per heavy atom. The third-order valence-electron chi connectivity index (χ3n) is 4.72. The molecule has 1 fully saturated rings. The highest BCUT2D eigenvalue weighted by atomic mass is 19.4. The minimum absolute atomic E-state index is 0.0594. The van der Waals surface area contributed by atoms with Crippen molar-refractivity contribution in [1.29, 1.82) is 0 Å². The molecule has 3 heterocycles. The Morgan fingerprint density at radius 1 is 1.46 bits per heavy atom. The number of aromatic nitrogens is 3. The van der Waals surface area contributed by atoms with Crippen LogP contribution in [0, 0.1) is 0 Å². The van der Waals surface area contributed by atoms with Gasteiger partial charge in [-0.15, -0.1) is 0 Å². The van der Waals surface area contributed by atoms with Crippen LogP contribution in [0.1, 0.15) is 50.4 Å². The standard InChI is InChI=1S/C18H24F3N5O2/c1-10(2)22-16-15-11(18(19,20)21)9-12(23-17(15)25-24-16)13-5-4-7-26(13)14(27)6-8-28-3/h9-10,13H,4-8H2,1-3H3,(H2,22,23,24,25)/t13-/m1/s1. The number of ether oxygens (including phenoxy) is 1. The van der Waals surface area contributed by atoms with Gasteiger partial charge in [0.1, 0.15) is 0 Å². The number of carbonyl (C=O) groups is 1. The second kappa shape index (κ2) is 7.94. The molecular formula is C18H24F3N5O2. The van der Waals surface area contributed by atoms with E-state index in [1.54, 1.807) is 4.90 Å². The monoisotopic (exact) mass is 399 g/mol. The van der Waals surface area contributed by atoms with Gasteiger partial charge in [-0.25, -0.2) is 4.98 Å². The van der Waals surface area contributed by atoms with E-state index >= 15 is 0 Å². The first-order valence-corrected chi connectivity index (χ1v) is 9.23. The molecule has 2 aromatic rings. The second-order valence-corrected chi connectivity index (χ2v) is 7.18. The molecule has 28 heavy (non-hydrogen) atoms. The summed E-state index contributed by atoms with van der Waals surface area (Å²) in [4.78, 5) is 18.4. The molecule has 154 valence electrons. The number of aromatic amines is 1. The fraction of sp³-hybridized carbons (Fsp3) is 0.611. The Bertz CT molecular complexity index is 850. The van der Waals surface area contributed by atoms with E-state index < -0.39 is 17.8 Å². The lowest BCUT2D eigenvalue weighted by molar-refractivity contribution is -0.136. The van der Waals surface area contributed by atoms with Gasteiger partial charge in [0.15, 0.2) is 11.5 Å². The molecule has 10 heteroatoms. The highest BCUT2D eigenvalue weighted by Crippen LogP contribution is 2.40. The van der Waals surface area contributed by atoms with Crippen LogP contribution in [0.4, 0.5) is 19.0 Å². The Morgan fingerprint density at radius 2 is 2.21 bits per heavy atom. The van der Waals surface area contributed by atoms with Crippen molar-refractivity contribution in [2.75, 3.05) is 25.6 Å². The molecule has 7 nitrogen and oxygen atoms in total. The zero-order chi connectivity index (χ0) is 20.5. The molecule has 1 atom stereocenters. The summed E-state index contributed by atoms with van der Waals surface area (Å²) in [6.45, 7) is 4.40. The van der Waals surface area contributed by atoms with Gasteiger partial charge in [-0.3, -0.25) is 9.89 Å². The Balaban J connectivity index is 2.04. The maximum absolute atomic E-state index is 13.8. The highest BCUT2D eigenvalue weighted by Gasteiger charge is 2.38. The molecule has 0 spiro atoms. The van der Waals surface area contributed by atoms with Gasteiger partial charge in [0.2, 0.25) is 5.91 Å². The van der Waals surface area contributed by atoms with E-state index in [9.17, 15) is 18.0 Å². The van der Waals surface area contributed by atoms with Gasteiger partial charge >= 0.3 is 6.18 Å². The normalized spacial score (nSPS) is 17.7. The Hall–Kier alpha value is -2.36. The van der Waals surface area contributed by atoms with Crippen LogP contribution in [0.25, 0.3) is 11.0 Å². The summed E-state index contributed by atoms with van der Waals surface area (Å²) in [6.07, 6.45) is -3.10. The van der Waals surface area contributed by atoms with E-state index in [1.165, 1.54) is 7.11 Å². The lowest BCUT2D eigenvalue weighted by Gasteiger charge is -2.25. The van der Waals surface area contributed by atoms with Crippen LogP contribution >= 0.6 is 0 Å². The first-order chi connectivity index (χ1) is 13.2. The molecule has 1 saturated heterocycles. The SMILES string of the molecule is COCCC(=O)N1CCC[C@@H]1c1cc(C(F)(F)F)c2c(NC(C)C)n[nH]c2n1. The van der Waals surface area contributed by atoms with Gasteiger partial charge in [0.05, 0.1) is 35.7 Å². The van der Waals surface area contributed by atoms with Gasteiger partial charge in [-0.2, -0.15) is 18.3 Å². The summed E-state index contributed by atoms with van der Waals surface area (Å²) in [7, 11) is 1.50. The van der Waals surface area contributed by atoms with E-state index in [2.05, 4.69) is 20.5 Å². The topological polar surface area (TPSA) is 83.1 Å². The fourth-order valence-electron chi connectivity index (χ4n) is 3.53. The van der Waals surface area contributed by atoms with E-state index in [1.807, 2.05) is 13.8 Å². The number of H-pyrrole nitrogens is 1. The minimum Gasteiger partial charge on any atom is -0.384 e. The number of methoxy groups -OCH3 is 1. The zero-order valence-corrected chi connectivity index (χ0v) is 16.1. The molecule has 1 aliphatic heterocycles. The summed E-state index contributed by atoms with van der Waals surface area (Å²) < 4.78 is 46.4. The van der Waals surface area contributed by atoms with Crippen LogP contribution in [-0.4, -0.2) is 52.3 Å². The molecule has 0 bridgehead atoms. The lowest BCUT2D eigenvalue weighted by Crippen LogP contribution is -2.31. The molecule has 0 saturated carbocycles. The van der Waals surface area contributed by atoms with E-state index in [-0.39, 0.29) is 47.5 Å². The zero-order valence-electron chi connectivity index (χ0n) is 16.1. The van der Waals surface area contributed by atoms with Gasteiger partial charge in [0.25, 0.3) is 0 Å². The number of likely N-dealkylation sites (tertiary alicyclic amines) is 1. The van der Waals surface area contributed by atoms with Crippen LogP contribution in [0.5, 0.6) is 0 Å². The van der Waals surface area contributed by atoms with E-state index in [4.69, 9.17) is 4.74 Å². The van der Waals surface area contributed by atoms with Crippen molar-refractivity contribution in [3.8, 4) is 0 Å².